The predicted molar refractivity (Wildman–Crippen MR) is 83.0 cm³/mol. The van der Waals surface area contributed by atoms with E-state index < -0.39 is 0 Å². The van der Waals surface area contributed by atoms with Crippen molar-refractivity contribution in [3.63, 3.8) is 0 Å². The summed E-state index contributed by atoms with van der Waals surface area (Å²) in [6.45, 7) is 1.89. The van der Waals surface area contributed by atoms with Crippen LogP contribution < -0.4 is 11.5 Å². The van der Waals surface area contributed by atoms with Crippen molar-refractivity contribution in [3.8, 4) is 0 Å². The SMILES string of the molecule is Cc1csc(N=C(N)N=C(N)c2cccc(Br)c2)n1. The standard InChI is InChI=1S/C12H12BrN5S/c1-7-6-19-12(16-7)18-11(15)17-10(14)8-3-2-4-9(13)5-8/h2-6H,1H3,(H4,14,15,16,17,18). The highest BCUT2D eigenvalue weighted by atomic mass is 79.9. The van der Waals surface area contributed by atoms with Gasteiger partial charge in [-0.25, -0.2) is 4.98 Å². The number of hydrogen-bond acceptors (Lipinski definition) is 3. The Morgan fingerprint density at radius 2 is 2.16 bits per heavy atom. The number of guanidine groups is 1. The Hall–Kier alpha value is -1.73. The first-order chi connectivity index (χ1) is 9.04. The van der Waals surface area contributed by atoms with Crippen molar-refractivity contribution in [2.75, 3.05) is 0 Å². The van der Waals surface area contributed by atoms with Gasteiger partial charge in [-0.2, -0.15) is 9.98 Å². The molecule has 0 aliphatic carbocycles. The van der Waals surface area contributed by atoms with Crippen LogP contribution in [0.15, 0.2) is 44.1 Å². The summed E-state index contributed by atoms with van der Waals surface area (Å²) in [6.07, 6.45) is 0. The van der Waals surface area contributed by atoms with E-state index in [-0.39, 0.29) is 5.96 Å². The second-order valence-electron chi connectivity index (χ2n) is 3.75. The van der Waals surface area contributed by atoms with E-state index in [0.717, 1.165) is 15.7 Å². The van der Waals surface area contributed by atoms with Crippen LogP contribution in [-0.4, -0.2) is 16.8 Å². The molecule has 0 saturated carbocycles. The minimum absolute atomic E-state index is 0.0897. The van der Waals surface area contributed by atoms with E-state index in [1.807, 2.05) is 36.6 Å². The second-order valence-corrected chi connectivity index (χ2v) is 5.50. The summed E-state index contributed by atoms with van der Waals surface area (Å²) in [6, 6.07) is 7.50. The minimum Gasteiger partial charge on any atom is -0.383 e. The van der Waals surface area contributed by atoms with E-state index in [4.69, 9.17) is 11.5 Å². The molecule has 0 amide bonds. The van der Waals surface area contributed by atoms with Crippen LogP contribution in [0.25, 0.3) is 0 Å². The van der Waals surface area contributed by atoms with E-state index in [0.29, 0.717) is 11.0 Å². The molecule has 0 unspecified atom stereocenters. The van der Waals surface area contributed by atoms with Gasteiger partial charge in [-0.15, -0.1) is 11.3 Å². The van der Waals surface area contributed by atoms with Gasteiger partial charge in [0, 0.05) is 15.4 Å². The lowest BCUT2D eigenvalue weighted by Gasteiger charge is -2.00. The Labute approximate surface area is 123 Å². The molecule has 0 saturated heterocycles. The van der Waals surface area contributed by atoms with Gasteiger partial charge in [-0.05, 0) is 19.1 Å². The van der Waals surface area contributed by atoms with Gasteiger partial charge in [0.1, 0.15) is 5.84 Å². The van der Waals surface area contributed by atoms with Crippen LogP contribution in [0.5, 0.6) is 0 Å². The number of aromatic nitrogens is 1. The summed E-state index contributed by atoms with van der Waals surface area (Å²) in [5.74, 6) is 0.405. The normalized spacial score (nSPS) is 12.7. The van der Waals surface area contributed by atoms with Crippen molar-refractivity contribution < 1.29 is 0 Å². The second kappa shape index (κ2) is 5.94. The molecule has 5 nitrogen and oxygen atoms in total. The summed E-state index contributed by atoms with van der Waals surface area (Å²) >= 11 is 4.78. The molecule has 0 radical (unpaired) electrons. The Morgan fingerprint density at radius 3 is 2.79 bits per heavy atom. The van der Waals surface area contributed by atoms with Gasteiger partial charge in [0.2, 0.25) is 11.1 Å². The first-order valence-corrected chi connectivity index (χ1v) is 7.08. The summed E-state index contributed by atoms with van der Waals surface area (Å²) in [5.41, 5.74) is 13.3. The molecule has 2 rings (SSSR count). The Balaban J connectivity index is 2.23. The van der Waals surface area contributed by atoms with Gasteiger partial charge in [0.15, 0.2) is 0 Å². The van der Waals surface area contributed by atoms with E-state index in [2.05, 4.69) is 30.9 Å². The van der Waals surface area contributed by atoms with Crippen molar-refractivity contribution in [1.82, 2.24) is 4.98 Å². The number of nitrogens with zero attached hydrogens (tertiary/aromatic N) is 3. The minimum atomic E-state index is 0.0897. The Kier molecular flexibility index (Phi) is 4.28. The molecule has 19 heavy (non-hydrogen) atoms. The Bertz CT molecular complexity index is 647. The Morgan fingerprint density at radius 1 is 1.37 bits per heavy atom. The van der Waals surface area contributed by atoms with E-state index in [9.17, 15) is 0 Å². The topological polar surface area (TPSA) is 89.6 Å². The van der Waals surface area contributed by atoms with Crippen LogP contribution in [0.1, 0.15) is 11.3 Å². The fourth-order valence-corrected chi connectivity index (χ4v) is 2.42. The zero-order valence-corrected chi connectivity index (χ0v) is 12.6. The zero-order valence-electron chi connectivity index (χ0n) is 10.2. The van der Waals surface area contributed by atoms with Gasteiger partial charge in [0.05, 0.1) is 5.69 Å². The molecule has 98 valence electrons. The first kappa shape index (κ1) is 13.7. The molecular formula is C12H12BrN5S. The van der Waals surface area contributed by atoms with Gasteiger partial charge < -0.3 is 11.5 Å². The number of amidine groups is 1. The third kappa shape index (κ3) is 3.87. The number of nitrogens with two attached hydrogens (primary N) is 2. The highest BCUT2D eigenvalue weighted by Gasteiger charge is 2.01. The van der Waals surface area contributed by atoms with E-state index in [1.54, 1.807) is 0 Å². The lowest BCUT2D eigenvalue weighted by atomic mass is 10.2. The van der Waals surface area contributed by atoms with Crippen molar-refractivity contribution >= 4 is 44.2 Å². The highest BCUT2D eigenvalue weighted by molar-refractivity contribution is 9.10. The van der Waals surface area contributed by atoms with Crippen LogP contribution in [0, 0.1) is 6.92 Å². The van der Waals surface area contributed by atoms with Gasteiger partial charge in [-0.1, -0.05) is 28.1 Å². The number of rotatable bonds is 2. The summed E-state index contributed by atoms with van der Waals surface area (Å²) in [4.78, 5) is 12.3. The van der Waals surface area contributed by atoms with Crippen LogP contribution in [0.2, 0.25) is 0 Å². The lowest BCUT2D eigenvalue weighted by molar-refractivity contribution is 1.23. The molecule has 4 N–H and O–H groups in total. The molecule has 0 atom stereocenters. The average Bonchev–Trinajstić information content (AvgIpc) is 2.74. The zero-order chi connectivity index (χ0) is 13.8. The number of hydrogen-bond donors (Lipinski definition) is 2. The van der Waals surface area contributed by atoms with Crippen LogP contribution in [0.4, 0.5) is 5.13 Å². The van der Waals surface area contributed by atoms with E-state index >= 15 is 0 Å². The maximum atomic E-state index is 5.87. The summed E-state index contributed by atoms with van der Waals surface area (Å²) < 4.78 is 0.925. The van der Waals surface area contributed by atoms with Crippen molar-refractivity contribution in [2.24, 2.45) is 21.5 Å². The number of aryl methyl sites for hydroxylation is 1. The van der Waals surface area contributed by atoms with Crippen molar-refractivity contribution in [2.45, 2.75) is 6.92 Å². The van der Waals surface area contributed by atoms with Crippen molar-refractivity contribution in [3.05, 3.63) is 45.4 Å². The predicted octanol–water partition coefficient (Wildman–Crippen LogP) is 2.57. The smallest absolute Gasteiger partial charge is 0.224 e. The van der Waals surface area contributed by atoms with E-state index in [1.165, 1.54) is 11.3 Å². The lowest BCUT2D eigenvalue weighted by Crippen LogP contribution is -2.19. The molecule has 0 aliphatic rings. The molecule has 1 aromatic heterocycles. The molecule has 0 aliphatic heterocycles. The molecule has 2 aromatic rings. The highest BCUT2D eigenvalue weighted by Crippen LogP contribution is 2.18. The van der Waals surface area contributed by atoms with Crippen LogP contribution >= 0.6 is 27.3 Å². The fourth-order valence-electron chi connectivity index (χ4n) is 1.35. The molecule has 0 fully saturated rings. The quantitative estimate of drug-likeness (QED) is 0.651. The molecule has 1 heterocycles. The van der Waals surface area contributed by atoms with Gasteiger partial charge >= 0.3 is 0 Å². The number of aliphatic imine (C=N–C) groups is 2. The van der Waals surface area contributed by atoms with Gasteiger partial charge in [-0.3, -0.25) is 0 Å². The average molecular weight is 338 g/mol. The first-order valence-electron chi connectivity index (χ1n) is 5.41. The third-order valence-electron chi connectivity index (χ3n) is 2.17. The number of benzene rings is 1. The fraction of sp³-hybridized carbons (Fsp3) is 0.0833. The summed E-state index contributed by atoms with van der Waals surface area (Å²) in [5, 5.41) is 2.47. The maximum Gasteiger partial charge on any atom is 0.224 e. The largest absolute Gasteiger partial charge is 0.383 e. The molecular weight excluding hydrogens is 326 g/mol. The van der Waals surface area contributed by atoms with Crippen LogP contribution in [-0.2, 0) is 0 Å². The molecule has 0 spiro atoms. The van der Waals surface area contributed by atoms with Crippen molar-refractivity contribution in [1.29, 1.82) is 0 Å². The number of thiazole rings is 1. The third-order valence-corrected chi connectivity index (χ3v) is 3.52. The monoisotopic (exact) mass is 337 g/mol. The molecule has 7 heteroatoms. The number of halogens is 1. The maximum absolute atomic E-state index is 5.87. The summed E-state index contributed by atoms with van der Waals surface area (Å²) in [7, 11) is 0. The molecule has 0 bridgehead atoms. The van der Waals surface area contributed by atoms with Crippen LogP contribution in [0.3, 0.4) is 0 Å². The molecule has 1 aromatic carbocycles. The van der Waals surface area contributed by atoms with Gasteiger partial charge in [0.25, 0.3) is 0 Å².